The number of carboxylic acid groups (broad SMARTS) is 1. The molecule has 1 aromatic rings. The standard InChI is InChI=1S/C8H5F3O2.Na/c9-8(10,11)6-3-1-2-5(4-6)7(12)13;/h1-4H,(H,12,13);/q;+1. The smallest absolute Gasteiger partial charge is 0.478 e. The van der Waals surface area contributed by atoms with Gasteiger partial charge in [-0.1, -0.05) is 6.07 Å². The van der Waals surface area contributed by atoms with E-state index >= 15 is 0 Å². The predicted octanol–water partition coefficient (Wildman–Crippen LogP) is -0.592. The van der Waals surface area contributed by atoms with E-state index < -0.39 is 17.7 Å². The zero-order valence-electron chi connectivity index (χ0n) is 7.30. The summed E-state index contributed by atoms with van der Waals surface area (Å²) in [6.07, 6.45) is -4.49. The summed E-state index contributed by atoms with van der Waals surface area (Å²) in [4.78, 5) is 10.3. The van der Waals surface area contributed by atoms with Gasteiger partial charge in [-0.05, 0) is 18.2 Å². The molecule has 0 bridgehead atoms. The third kappa shape index (κ3) is 3.32. The Morgan fingerprint density at radius 3 is 2.29 bits per heavy atom. The minimum absolute atomic E-state index is 0. The Balaban J connectivity index is 0.00000169. The molecule has 0 aromatic heterocycles. The molecule has 0 saturated carbocycles. The van der Waals surface area contributed by atoms with Crippen LogP contribution in [0.3, 0.4) is 0 Å². The van der Waals surface area contributed by atoms with E-state index in [9.17, 15) is 18.0 Å². The van der Waals surface area contributed by atoms with Crippen molar-refractivity contribution in [3.05, 3.63) is 35.4 Å². The SMILES string of the molecule is O=C(O)c1cccc(C(F)(F)F)c1.[Na+]. The Hall–Kier alpha value is -0.520. The summed E-state index contributed by atoms with van der Waals surface area (Å²) < 4.78 is 36.1. The Labute approximate surface area is 100 Å². The van der Waals surface area contributed by atoms with Crippen LogP contribution in [0.4, 0.5) is 13.2 Å². The molecular formula is C8H5F3NaO2+. The molecule has 0 saturated heterocycles. The average molecular weight is 213 g/mol. The fourth-order valence-corrected chi connectivity index (χ4v) is 0.829. The minimum Gasteiger partial charge on any atom is -0.478 e. The van der Waals surface area contributed by atoms with Crippen molar-refractivity contribution in [3.8, 4) is 0 Å². The second-order valence-electron chi connectivity index (χ2n) is 2.38. The molecule has 0 radical (unpaired) electrons. The maximum absolute atomic E-state index is 12.0. The number of hydrogen-bond acceptors (Lipinski definition) is 1. The molecule has 0 unspecified atom stereocenters. The van der Waals surface area contributed by atoms with Gasteiger partial charge in [0.1, 0.15) is 0 Å². The van der Waals surface area contributed by atoms with Crippen molar-refractivity contribution in [2.45, 2.75) is 6.18 Å². The van der Waals surface area contributed by atoms with Crippen molar-refractivity contribution in [2.24, 2.45) is 0 Å². The van der Waals surface area contributed by atoms with Crippen molar-refractivity contribution < 1.29 is 52.6 Å². The van der Waals surface area contributed by atoms with E-state index in [2.05, 4.69) is 0 Å². The van der Waals surface area contributed by atoms with E-state index in [1.54, 1.807) is 0 Å². The van der Waals surface area contributed by atoms with Gasteiger partial charge in [-0.2, -0.15) is 13.2 Å². The van der Waals surface area contributed by atoms with Gasteiger partial charge in [-0.25, -0.2) is 4.79 Å². The number of alkyl halides is 3. The van der Waals surface area contributed by atoms with Crippen molar-refractivity contribution in [3.63, 3.8) is 0 Å². The van der Waals surface area contributed by atoms with E-state index in [0.717, 1.165) is 18.2 Å². The first-order valence-corrected chi connectivity index (χ1v) is 3.32. The number of rotatable bonds is 1. The molecule has 0 heterocycles. The first-order chi connectivity index (χ1) is 5.91. The quantitative estimate of drug-likeness (QED) is 0.633. The Kier molecular flexibility index (Phi) is 4.64. The molecule has 14 heavy (non-hydrogen) atoms. The maximum Gasteiger partial charge on any atom is 1.00 e. The number of halogens is 3. The zero-order chi connectivity index (χ0) is 10.1. The van der Waals surface area contributed by atoms with Crippen molar-refractivity contribution >= 4 is 5.97 Å². The molecule has 0 spiro atoms. The molecule has 6 heteroatoms. The van der Waals surface area contributed by atoms with Gasteiger partial charge in [0.15, 0.2) is 0 Å². The van der Waals surface area contributed by atoms with Crippen LogP contribution in [0.5, 0.6) is 0 Å². The second-order valence-corrected chi connectivity index (χ2v) is 2.38. The van der Waals surface area contributed by atoms with Gasteiger partial charge in [-0.15, -0.1) is 0 Å². The first-order valence-electron chi connectivity index (χ1n) is 3.32. The summed E-state index contributed by atoms with van der Waals surface area (Å²) in [5.74, 6) is -1.37. The summed E-state index contributed by atoms with van der Waals surface area (Å²) in [5, 5.41) is 8.41. The second kappa shape index (κ2) is 4.82. The Morgan fingerprint density at radius 1 is 1.29 bits per heavy atom. The van der Waals surface area contributed by atoms with Gasteiger partial charge in [0.05, 0.1) is 11.1 Å². The fraction of sp³-hybridized carbons (Fsp3) is 0.125. The molecule has 0 aliphatic carbocycles. The fourth-order valence-electron chi connectivity index (χ4n) is 0.829. The molecule has 2 nitrogen and oxygen atoms in total. The largest absolute Gasteiger partial charge is 1.00 e. The molecule has 1 rings (SSSR count). The number of aromatic carboxylic acids is 1. The molecule has 0 aliphatic heterocycles. The van der Waals surface area contributed by atoms with E-state index in [-0.39, 0.29) is 35.1 Å². The van der Waals surface area contributed by atoms with Gasteiger partial charge in [0.25, 0.3) is 0 Å². The molecule has 70 valence electrons. The summed E-state index contributed by atoms with van der Waals surface area (Å²) in [6, 6.07) is 3.60. The molecule has 0 amide bonds. The van der Waals surface area contributed by atoms with Crippen LogP contribution in [-0.4, -0.2) is 11.1 Å². The third-order valence-corrected chi connectivity index (χ3v) is 1.44. The Morgan fingerprint density at radius 2 is 1.86 bits per heavy atom. The van der Waals surface area contributed by atoms with Crippen LogP contribution in [0.15, 0.2) is 24.3 Å². The van der Waals surface area contributed by atoms with Crippen LogP contribution in [-0.2, 0) is 6.18 Å². The van der Waals surface area contributed by atoms with Gasteiger partial charge >= 0.3 is 41.7 Å². The van der Waals surface area contributed by atoms with E-state index in [1.807, 2.05) is 0 Å². The monoisotopic (exact) mass is 213 g/mol. The number of carboxylic acids is 1. The third-order valence-electron chi connectivity index (χ3n) is 1.44. The normalized spacial score (nSPS) is 10.5. The first kappa shape index (κ1) is 13.5. The number of hydrogen-bond donors (Lipinski definition) is 1. The molecular weight excluding hydrogens is 208 g/mol. The van der Waals surface area contributed by atoms with Crippen molar-refractivity contribution in [1.29, 1.82) is 0 Å². The van der Waals surface area contributed by atoms with Crippen molar-refractivity contribution in [1.82, 2.24) is 0 Å². The molecule has 0 atom stereocenters. The molecule has 0 aliphatic rings. The predicted molar refractivity (Wildman–Crippen MR) is 38.4 cm³/mol. The van der Waals surface area contributed by atoms with Crippen LogP contribution in [0.1, 0.15) is 15.9 Å². The van der Waals surface area contributed by atoms with E-state index in [1.165, 1.54) is 0 Å². The summed E-state index contributed by atoms with van der Waals surface area (Å²) in [5.41, 5.74) is -1.32. The summed E-state index contributed by atoms with van der Waals surface area (Å²) >= 11 is 0. The van der Waals surface area contributed by atoms with Gasteiger partial charge < -0.3 is 5.11 Å². The maximum atomic E-state index is 12.0. The van der Waals surface area contributed by atoms with Gasteiger partial charge in [0.2, 0.25) is 0 Å². The Bertz CT molecular complexity index is 336. The van der Waals surface area contributed by atoms with Crippen LogP contribution in [0.2, 0.25) is 0 Å². The van der Waals surface area contributed by atoms with E-state index in [0.29, 0.717) is 6.07 Å². The van der Waals surface area contributed by atoms with Crippen molar-refractivity contribution in [2.75, 3.05) is 0 Å². The minimum atomic E-state index is -4.49. The molecule has 1 N–H and O–H groups in total. The van der Waals surface area contributed by atoms with Gasteiger partial charge in [0, 0.05) is 0 Å². The molecule has 1 aromatic carbocycles. The zero-order valence-corrected chi connectivity index (χ0v) is 9.30. The number of carbonyl (C=O) groups is 1. The van der Waals surface area contributed by atoms with Crippen LogP contribution >= 0.6 is 0 Å². The number of benzene rings is 1. The van der Waals surface area contributed by atoms with Crippen LogP contribution in [0.25, 0.3) is 0 Å². The van der Waals surface area contributed by atoms with Crippen LogP contribution < -0.4 is 29.6 Å². The van der Waals surface area contributed by atoms with Crippen LogP contribution in [0, 0.1) is 0 Å². The summed E-state index contributed by atoms with van der Waals surface area (Å²) in [6.45, 7) is 0. The van der Waals surface area contributed by atoms with E-state index in [4.69, 9.17) is 5.11 Å². The average Bonchev–Trinajstić information content (AvgIpc) is 2.03. The summed E-state index contributed by atoms with van der Waals surface area (Å²) in [7, 11) is 0. The van der Waals surface area contributed by atoms with Gasteiger partial charge in [-0.3, -0.25) is 0 Å². The topological polar surface area (TPSA) is 37.3 Å². The molecule has 0 fully saturated rings.